The number of nitrogens with one attached hydrogen (secondary N) is 1. The first-order valence-electron chi connectivity index (χ1n) is 10.5. The van der Waals surface area contributed by atoms with Gasteiger partial charge in [-0.2, -0.15) is 4.31 Å². The van der Waals surface area contributed by atoms with Gasteiger partial charge in [0.2, 0.25) is 10.0 Å². The quantitative estimate of drug-likeness (QED) is 0.481. The van der Waals surface area contributed by atoms with Crippen LogP contribution in [-0.4, -0.2) is 55.0 Å². The molecular formula is C23H24N2O7S. The normalized spacial score (nSPS) is 13.4. The second-order valence-corrected chi connectivity index (χ2v) is 9.64. The SMILES string of the molecule is CC(=O)c1cccc(S(=O)(=O)N(CCCO)Cc2cc3cc4c(cc3[nH]c2=O)OCCO4)c1. The molecule has 2 heterocycles. The Labute approximate surface area is 190 Å². The van der Waals surface area contributed by atoms with Crippen LogP contribution in [0.4, 0.5) is 0 Å². The highest BCUT2D eigenvalue weighted by Crippen LogP contribution is 2.33. The fourth-order valence-corrected chi connectivity index (χ4v) is 5.15. The summed E-state index contributed by atoms with van der Waals surface area (Å²) in [4.78, 5) is 27.2. The number of rotatable bonds is 8. The largest absolute Gasteiger partial charge is 0.486 e. The number of aromatic amines is 1. The highest BCUT2D eigenvalue weighted by molar-refractivity contribution is 7.89. The van der Waals surface area contributed by atoms with Gasteiger partial charge in [0.1, 0.15) is 13.2 Å². The smallest absolute Gasteiger partial charge is 0.252 e. The van der Waals surface area contributed by atoms with Crippen molar-refractivity contribution >= 4 is 26.7 Å². The van der Waals surface area contributed by atoms with Crippen LogP contribution in [-0.2, 0) is 16.6 Å². The molecule has 0 saturated carbocycles. The van der Waals surface area contributed by atoms with Crippen LogP contribution < -0.4 is 15.0 Å². The lowest BCUT2D eigenvalue weighted by Gasteiger charge is -2.22. The summed E-state index contributed by atoms with van der Waals surface area (Å²) in [5.74, 6) is 0.835. The molecule has 0 atom stereocenters. The van der Waals surface area contributed by atoms with Gasteiger partial charge in [-0.05, 0) is 37.6 Å². The lowest BCUT2D eigenvalue weighted by atomic mass is 10.1. The van der Waals surface area contributed by atoms with Crippen molar-refractivity contribution < 1.29 is 27.8 Å². The molecule has 9 nitrogen and oxygen atoms in total. The van der Waals surface area contributed by atoms with E-state index in [1.807, 2.05) is 0 Å². The summed E-state index contributed by atoms with van der Waals surface area (Å²) in [7, 11) is -4.04. The van der Waals surface area contributed by atoms with Crippen LogP contribution in [0.2, 0.25) is 0 Å². The van der Waals surface area contributed by atoms with Gasteiger partial charge in [0.15, 0.2) is 17.3 Å². The van der Waals surface area contributed by atoms with Gasteiger partial charge < -0.3 is 19.6 Å². The van der Waals surface area contributed by atoms with E-state index in [4.69, 9.17) is 9.47 Å². The molecule has 1 aliphatic rings. The molecule has 2 N–H and O–H groups in total. The molecule has 0 bridgehead atoms. The number of ether oxygens (including phenoxy) is 2. The lowest BCUT2D eigenvalue weighted by molar-refractivity contribution is 0.101. The molecule has 1 aliphatic heterocycles. The Balaban J connectivity index is 1.72. The molecule has 10 heteroatoms. The van der Waals surface area contributed by atoms with E-state index < -0.39 is 15.6 Å². The number of fused-ring (bicyclic) bond motifs is 2. The molecule has 0 unspecified atom stereocenters. The fraction of sp³-hybridized carbons (Fsp3) is 0.304. The first-order valence-corrected chi connectivity index (χ1v) is 11.9. The van der Waals surface area contributed by atoms with E-state index in [9.17, 15) is 23.1 Å². The number of sulfonamides is 1. The van der Waals surface area contributed by atoms with Crippen LogP contribution >= 0.6 is 0 Å². The molecule has 33 heavy (non-hydrogen) atoms. The van der Waals surface area contributed by atoms with Crippen molar-refractivity contribution in [2.24, 2.45) is 0 Å². The maximum absolute atomic E-state index is 13.4. The first kappa shape index (κ1) is 23.0. The first-order chi connectivity index (χ1) is 15.8. The second-order valence-electron chi connectivity index (χ2n) is 7.71. The standard InChI is InChI=1S/C23H24N2O7S/c1-15(27)16-4-2-5-19(11-16)33(29,30)25(6-3-7-26)14-18-10-17-12-21-22(32-9-8-31-21)13-20(17)24-23(18)28/h2,4-5,10-13,26H,3,6-9,14H2,1H3,(H,24,28). The van der Waals surface area contributed by atoms with Gasteiger partial charge in [-0.15, -0.1) is 0 Å². The van der Waals surface area contributed by atoms with Gasteiger partial charge in [0.05, 0.1) is 10.4 Å². The zero-order chi connectivity index (χ0) is 23.6. The van der Waals surface area contributed by atoms with Gasteiger partial charge >= 0.3 is 0 Å². The number of H-pyrrole nitrogens is 1. The number of hydrogen-bond acceptors (Lipinski definition) is 7. The topological polar surface area (TPSA) is 126 Å². The highest BCUT2D eigenvalue weighted by Gasteiger charge is 2.26. The minimum Gasteiger partial charge on any atom is -0.486 e. The molecule has 2 aromatic carbocycles. The Bertz CT molecular complexity index is 1360. The molecule has 0 aliphatic carbocycles. The maximum Gasteiger partial charge on any atom is 0.252 e. The van der Waals surface area contributed by atoms with Crippen LogP contribution in [0.1, 0.15) is 29.3 Å². The van der Waals surface area contributed by atoms with Crippen LogP contribution in [0, 0.1) is 0 Å². The van der Waals surface area contributed by atoms with E-state index in [1.165, 1.54) is 25.1 Å². The average Bonchev–Trinajstić information content (AvgIpc) is 2.80. The molecular weight excluding hydrogens is 448 g/mol. The van der Waals surface area contributed by atoms with Crippen LogP contribution in [0.15, 0.2) is 52.2 Å². The summed E-state index contributed by atoms with van der Waals surface area (Å²) in [6.45, 7) is 1.78. The second kappa shape index (κ2) is 9.34. The Morgan fingerprint density at radius 3 is 2.55 bits per heavy atom. The Morgan fingerprint density at radius 2 is 1.85 bits per heavy atom. The molecule has 0 spiro atoms. The predicted molar refractivity (Wildman–Crippen MR) is 121 cm³/mol. The zero-order valence-corrected chi connectivity index (χ0v) is 18.9. The number of pyridine rings is 1. The van der Waals surface area contributed by atoms with E-state index in [1.54, 1.807) is 24.3 Å². The van der Waals surface area contributed by atoms with E-state index in [0.717, 1.165) is 4.31 Å². The Hall–Kier alpha value is -3.21. The number of hydrogen-bond donors (Lipinski definition) is 2. The molecule has 1 aromatic heterocycles. The summed E-state index contributed by atoms with van der Waals surface area (Å²) < 4.78 is 39.0. The van der Waals surface area contributed by atoms with Gasteiger partial charge in [0, 0.05) is 42.3 Å². The number of nitrogens with zero attached hydrogens (tertiary/aromatic N) is 1. The summed E-state index contributed by atoms with van der Waals surface area (Å²) >= 11 is 0. The lowest BCUT2D eigenvalue weighted by Crippen LogP contribution is -2.34. The van der Waals surface area contributed by atoms with Crippen molar-refractivity contribution in [3.05, 3.63) is 63.9 Å². The van der Waals surface area contributed by atoms with Gasteiger partial charge in [0.25, 0.3) is 5.56 Å². The fourth-order valence-electron chi connectivity index (χ4n) is 3.65. The van der Waals surface area contributed by atoms with Crippen LogP contribution in [0.5, 0.6) is 11.5 Å². The van der Waals surface area contributed by atoms with E-state index in [2.05, 4.69) is 4.98 Å². The highest BCUT2D eigenvalue weighted by atomic mass is 32.2. The molecule has 3 aromatic rings. The minimum absolute atomic E-state index is 0.00173. The van der Waals surface area contributed by atoms with Crippen molar-refractivity contribution in [1.82, 2.24) is 9.29 Å². The number of carbonyl (C=O) groups excluding carboxylic acids is 1. The predicted octanol–water partition coefficient (Wildman–Crippen LogP) is 2.08. The van der Waals surface area contributed by atoms with E-state index >= 15 is 0 Å². The van der Waals surface area contributed by atoms with Crippen molar-refractivity contribution in [3.8, 4) is 11.5 Å². The third-order valence-corrected chi connectivity index (χ3v) is 7.22. The molecule has 4 rings (SSSR count). The third-order valence-electron chi connectivity index (χ3n) is 5.37. The summed E-state index contributed by atoms with van der Waals surface area (Å²) in [6.07, 6.45) is 0.190. The molecule has 174 valence electrons. The maximum atomic E-state index is 13.4. The summed E-state index contributed by atoms with van der Waals surface area (Å²) in [5.41, 5.74) is 0.630. The summed E-state index contributed by atoms with van der Waals surface area (Å²) in [5, 5.41) is 9.96. The number of aromatic nitrogens is 1. The van der Waals surface area contributed by atoms with Crippen molar-refractivity contribution in [3.63, 3.8) is 0 Å². The minimum atomic E-state index is -4.04. The zero-order valence-electron chi connectivity index (χ0n) is 18.0. The summed E-state index contributed by atoms with van der Waals surface area (Å²) in [6, 6.07) is 10.8. The number of aliphatic hydroxyl groups is 1. The number of benzene rings is 2. The molecule has 0 radical (unpaired) electrons. The molecule has 0 fully saturated rings. The van der Waals surface area contributed by atoms with Crippen molar-refractivity contribution in [2.45, 2.75) is 24.8 Å². The van der Waals surface area contributed by atoms with E-state index in [-0.39, 0.29) is 47.9 Å². The number of ketones is 1. The van der Waals surface area contributed by atoms with Gasteiger partial charge in [-0.1, -0.05) is 12.1 Å². The Kier molecular flexibility index (Phi) is 6.50. The number of carbonyl (C=O) groups is 1. The van der Waals surface area contributed by atoms with Crippen molar-refractivity contribution in [2.75, 3.05) is 26.4 Å². The van der Waals surface area contributed by atoms with Crippen molar-refractivity contribution in [1.29, 1.82) is 0 Å². The van der Waals surface area contributed by atoms with Crippen LogP contribution in [0.25, 0.3) is 10.9 Å². The third kappa shape index (κ3) is 4.77. The van der Waals surface area contributed by atoms with Gasteiger partial charge in [-0.3, -0.25) is 9.59 Å². The monoisotopic (exact) mass is 472 g/mol. The molecule has 0 saturated heterocycles. The Morgan fingerprint density at radius 1 is 1.12 bits per heavy atom. The number of aliphatic hydroxyl groups excluding tert-OH is 1. The number of Topliss-reactive ketones (excluding diaryl/α,β-unsaturated/α-hetero) is 1. The average molecular weight is 473 g/mol. The van der Waals surface area contributed by atoms with Crippen LogP contribution in [0.3, 0.4) is 0 Å². The van der Waals surface area contributed by atoms with Gasteiger partial charge in [-0.25, -0.2) is 8.42 Å². The van der Waals surface area contributed by atoms with E-state index in [0.29, 0.717) is 35.6 Å². The molecule has 0 amide bonds.